The number of hydrogen-bond donors (Lipinski definition) is 0. The molecule has 0 rings (SSSR count). The lowest BCUT2D eigenvalue weighted by Crippen LogP contribution is -1.91. The van der Waals surface area contributed by atoms with Crippen LogP contribution >= 0.6 is 0 Å². The molecule has 0 unspecified atom stereocenters. The fraction of sp³-hybridized carbons (Fsp3) is 0. The van der Waals surface area contributed by atoms with E-state index >= 15 is 0 Å². The second kappa shape index (κ2) is 7.45. The summed E-state index contributed by atoms with van der Waals surface area (Å²) in [5.41, 5.74) is -0.981. The van der Waals surface area contributed by atoms with Crippen molar-refractivity contribution in [2.75, 3.05) is 0 Å². The minimum atomic E-state index is -1.04. The summed E-state index contributed by atoms with van der Waals surface area (Å²) in [5, 5.41) is 30.1. The highest BCUT2D eigenvalue weighted by Crippen LogP contribution is 2.00. The first-order valence-electron chi connectivity index (χ1n) is 4.05. The molecule has 9 nitrogen and oxygen atoms in total. The van der Waals surface area contributed by atoms with E-state index in [-0.39, 0.29) is 0 Å². The molecule has 92 valence electrons. The Kier molecular flexibility index (Phi) is 5.95. The second-order valence-corrected chi connectivity index (χ2v) is 2.38. The van der Waals surface area contributed by atoms with Gasteiger partial charge in [0.1, 0.15) is 25.9 Å². The maximum atomic E-state index is 10.1. The normalized spacial score (nSPS) is 6.89. The molecule has 0 aliphatic carbocycles. The Bertz CT molecular complexity index is 659. The molecule has 0 fully saturated rings. The van der Waals surface area contributed by atoms with Crippen LogP contribution in [0.25, 0.3) is 0 Å². The molecular formula is C10HN3O6. The Morgan fingerprint density at radius 3 is 1.32 bits per heavy atom. The Labute approximate surface area is 105 Å². The van der Waals surface area contributed by atoms with Crippen LogP contribution in [-0.4, -0.2) is 14.8 Å². The van der Waals surface area contributed by atoms with E-state index in [1.807, 2.05) is 23.7 Å². The van der Waals surface area contributed by atoms with Crippen LogP contribution in [0.15, 0.2) is 11.1 Å². The van der Waals surface area contributed by atoms with Crippen molar-refractivity contribution in [3.05, 3.63) is 41.5 Å². The first-order chi connectivity index (χ1) is 8.86. The number of allylic oxidation sites excluding steroid dienone is 2. The van der Waals surface area contributed by atoms with Gasteiger partial charge >= 0.3 is 0 Å². The molecule has 0 heterocycles. The summed E-state index contributed by atoms with van der Waals surface area (Å²) in [6.45, 7) is 0. The molecule has 0 saturated heterocycles. The Balaban J connectivity index is 5.91. The SMILES string of the molecule is C#CC(C#C[N+](=O)[O-])=C(C#C[N+](=O)[O-])C#C[N+](=O)[O-]. The highest BCUT2D eigenvalue weighted by atomic mass is 16.6. The third kappa shape index (κ3) is 7.13. The van der Waals surface area contributed by atoms with Gasteiger partial charge in [-0.3, -0.25) is 0 Å². The van der Waals surface area contributed by atoms with Crippen LogP contribution in [0.5, 0.6) is 0 Å². The highest BCUT2D eigenvalue weighted by Gasteiger charge is 2.02. The predicted molar refractivity (Wildman–Crippen MR) is 60.2 cm³/mol. The zero-order valence-electron chi connectivity index (χ0n) is 8.87. The van der Waals surface area contributed by atoms with Gasteiger partial charge in [-0.1, -0.05) is 5.92 Å². The molecule has 0 amide bonds. The second-order valence-electron chi connectivity index (χ2n) is 2.38. The molecule has 0 saturated carbocycles. The summed E-state index contributed by atoms with van der Waals surface area (Å²) >= 11 is 0. The van der Waals surface area contributed by atoms with Crippen molar-refractivity contribution in [2.45, 2.75) is 0 Å². The zero-order chi connectivity index (χ0) is 14.8. The standard InChI is InChI=1S/C10HN3O6/c1-2-9(3-6-11(14)15)10(4-7-12(16)17)5-8-13(18)19/h1H. The molecule has 0 aromatic rings. The largest absolute Gasteiger partial charge is 0.296 e. The van der Waals surface area contributed by atoms with Crippen molar-refractivity contribution in [3.63, 3.8) is 0 Å². The van der Waals surface area contributed by atoms with Crippen LogP contribution in [0.1, 0.15) is 0 Å². The highest BCUT2D eigenvalue weighted by molar-refractivity contribution is 5.58. The monoisotopic (exact) mass is 259 g/mol. The molecular weight excluding hydrogens is 258 g/mol. The molecule has 0 radical (unpaired) electrons. The van der Waals surface area contributed by atoms with E-state index in [0.717, 1.165) is 0 Å². The number of rotatable bonds is 0. The van der Waals surface area contributed by atoms with E-state index in [4.69, 9.17) is 6.42 Å². The average molecular weight is 259 g/mol. The van der Waals surface area contributed by atoms with Crippen LogP contribution in [0, 0.1) is 78.6 Å². The van der Waals surface area contributed by atoms with Crippen LogP contribution < -0.4 is 0 Å². The molecule has 0 N–H and O–H groups in total. The fourth-order valence-corrected chi connectivity index (χ4v) is 0.632. The van der Waals surface area contributed by atoms with Crippen LogP contribution in [0.4, 0.5) is 0 Å². The van der Waals surface area contributed by atoms with Gasteiger partial charge in [-0.2, -0.15) is 0 Å². The minimum Gasteiger partial charge on any atom is -0.249 e. The van der Waals surface area contributed by atoms with E-state index in [9.17, 15) is 30.3 Å². The Morgan fingerprint density at radius 1 is 0.737 bits per heavy atom. The quantitative estimate of drug-likeness (QED) is 0.252. The summed E-state index contributed by atoms with van der Waals surface area (Å²) in [4.78, 5) is 27.0. The smallest absolute Gasteiger partial charge is 0.249 e. The van der Waals surface area contributed by atoms with Crippen molar-refractivity contribution in [1.29, 1.82) is 0 Å². The van der Waals surface area contributed by atoms with Gasteiger partial charge in [0.05, 0.1) is 0 Å². The average Bonchev–Trinajstić information content (AvgIpc) is 2.31. The lowest BCUT2D eigenvalue weighted by molar-refractivity contribution is -0.379. The summed E-state index contributed by atoms with van der Waals surface area (Å²) in [6, 6.07) is 4.30. The fourth-order valence-electron chi connectivity index (χ4n) is 0.632. The van der Waals surface area contributed by atoms with Gasteiger partial charge in [-0.05, 0) is 0 Å². The van der Waals surface area contributed by atoms with Gasteiger partial charge < -0.3 is 0 Å². The number of nitro groups is 3. The predicted octanol–water partition coefficient (Wildman–Crippen LogP) is -0.371. The molecule has 0 aliphatic rings. The van der Waals surface area contributed by atoms with Gasteiger partial charge in [-0.15, -0.1) is 6.42 Å². The number of terminal acetylenes is 1. The van der Waals surface area contributed by atoms with Gasteiger partial charge in [-0.25, -0.2) is 30.3 Å². The maximum absolute atomic E-state index is 10.1. The summed E-state index contributed by atoms with van der Waals surface area (Å²) in [6.07, 6.45) is 4.96. The lowest BCUT2D eigenvalue weighted by Gasteiger charge is -1.85. The van der Waals surface area contributed by atoms with E-state index in [1.165, 1.54) is 18.1 Å². The van der Waals surface area contributed by atoms with Crippen LogP contribution in [0.3, 0.4) is 0 Å². The summed E-state index contributed by atoms with van der Waals surface area (Å²) in [7, 11) is 0. The van der Waals surface area contributed by atoms with Gasteiger partial charge in [0.2, 0.25) is 0 Å². The van der Waals surface area contributed by atoms with Crippen molar-refractivity contribution >= 4 is 0 Å². The maximum Gasteiger partial charge on any atom is 0.296 e. The third-order valence-electron chi connectivity index (χ3n) is 1.21. The molecule has 9 heteroatoms. The Morgan fingerprint density at radius 2 is 1.05 bits per heavy atom. The first-order valence-corrected chi connectivity index (χ1v) is 4.05. The molecule has 0 bridgehead atoms. The van der Waals surface area contributed by atoms with Crippen molar-refractivity contribution < 1.29 is 14.8 Å². The number of nitrogens with zero attached hydrogens (tertiary/aromatic N) is 3. The minimum absolute atomic E-state index is 0.458. The van der Waals surface area contributed by atoms with Crippen LogP contribution in [0.2, 0.25) is 0 Å². The van der Waals surface area contributed by atoms with Crippen molar-refractivity contribution in [3.8, 4) is 48.2 Å². The molecule has 0 aromatic carbocycles. The number of hydrogen-bond acceptors (Lipinski definition) is 6. The summed E-state index contributed by atoms with van der Waals surface area (Å²) in [5.74, 6) is 7.39. The third-order valence-corrected chi connectivity index (χ3v) is 1.21. The van der Waals surface area contributed by atoms with Gasteiger partial charge in [0.25, 0.3) is 18.1 Å². The van der Waals surface area contributed by atoms with Gasteiger partial charge in [0, 0.05) is 17.8 Å². The zero-order valence-corrected chi connectivity index (χ0v) is 8.87. The topological polar surface area (TPSA) is 129 Å². The van der Waals surface area contributed by atoms with E-state index < -0.39 is 25.9 Å². The van der Waals surface area contributed by atoms with Crippen LogP contribution in [-0.2, 0) is 0 Å². The lowest BCUT2D eigenvalue weighted by atomic mass is 10.1. The summed E-state index contributed by atoms with van der Waals surface area (Å²) < 4.78 is 0. The van der Waals surface area contributed by atoms with E-state index in [1.54, 1.807) is 0 Å². The van der Waals surface area contributed by atoms with Crippen molar-refractivity contribution in [1.82, 2.24) is 0 Å². The Hall–Kier alpha value is -3.82. The molecule has 0 aliphatic heterocycles. The first kappa shape index (κ1) is 15.2. The van der Waals surface area contributed by atoms with E-state index in [0.29, 0.717) is 0 Å². The van der Waals surface area contributed by atoms with Crippen molar-refractivity contribution in [2.24, 2.45) is 0 Å². The molecule has 19 heavy (non-hydrogen) atoms. The molecule has 0 aromatic heterocycles. The van der Waals surface area contributed by atoms with Gasteiger partial charge in [0.15, 0.2) is 0 Å². The molecule has 0 spiro atoms. The molecule has 0 atom stereocenters. The van der Waals surface area contributed by atoms with E-state index in [2.05, 4.69) is 0 Å².